The molecule has 10 heteroatoms. The number of nitrogens with one attached hydrogen (secondary N) is 1. The molecule has 1 aliphatic carbocycles. The van der Waals surface area contributed by atoms with Crippen LogP contribution in [0.15, 0.2) is 23.1 Å². The van der Waals surface area contributed by atoms with Crippen molar-refractivity contribution < 1.29 is 14.4 Å². The highest BCUT2D eigenvalue weighted by Crippen LogP contribution is 2.50. The highest BCUT2D eigenvalue weighted by molar-refractivity contribution is 5.36. The molecular formula is C21H29N7O3. The molecule has 0 radical (unpaired) electrons. The minimum absolute atomic E-state index is 0.352. The van der Waals surface area contributed by atoms with E-state index in [0.29, 0.717) is 24.3 Å². The number of pyridine rings is 1. The predicted molar refractivity (Wildman–Crippen MR) is 112 cm³/mol. The molecular weight excluding hydrogens is 398 g/mol. The molecule has 1 saturated carbocycles. The van der Waals surface area contributed by atoms with Crippen molar-refractivity contribution in [2.75, 3.05) is 24.6 Å². The van der Waals surface area contributed by atoms with Gasteiger partial charge in [-0.1, -0.05) is 5.16 Å². The van der Waals surface area contributed by atoms with Crippen LogP contribution in [0, 0.1) is 24.7 Å². The van der Waals surface area contributed by atoms with E-state index in [9.17, 15) is 5.11 Å². The first-order valence-corrected chi connectivity index (χ1v) is 11.0. The Labute approximate surface area is 180 Å². The molecule has 3 aromatic rings. The van der Waals surface area contributed by atoms with Crippen molar-refractivity contribution in [3.63, 3.8) is 0 Å². The van der Waals surface area contributed by atoms with Gasteiger partial charge >= 0.3 is 6.01 Å². The van der Waals surface area contributed by atoms with Gasteiger partial charge in [-0.05, 0) is 63.4 Å². The first-order valence-electron chi connectivity index (χ1n) is 11.0. The summed E-state index contributed by atoms with van der Waals surface area (Å²) in [6, 6.07) is 2.57. The maximum Gasteiger partial charge on any atom is 0.324 e. The lowest BCUT2D eigenvalue weighted by molar-refractivity contribution is 0.184. The zero-order valence-electron chi connectivity index (χ0n) is 17.9. The molecule has 166 valence electrons. The Bertz CT molecular complexity index is 993. The van der Waals surface area contributed by atoms with Gasteiger partial charge in [0.15, 0.2) is 0 Å². The van der Waals surface area contributed by atoms with Crippen LogP contribution in [0.4, 0.5) is 6.01 Å². The number of aromatic amines is 1. The van der Waals surface area contributed by atoms with E-state index in [4.69, 9.17) is 9.26 Å². The lowest BCUT2D eigenvalue weighted by Crippen LogP contribution is -2.34. The van der Waals surface area contributed by atoms with E-state index in [1.165, 1.54) is 6.42 Å². The number of hydrogen-bond donors (Lipinski definition) is 2. The second kappa shape index (κ2) is 8.33. The number of aliphatic hydroxyl groups is 1. The molecule has 2 N–H and O–H groups in total. The molecule has 5 rings (SSSR count). The standard InChI is InChI=1S/C21H29N7O3/c1-13-9-17(28-12-23-26-28)11-22-20(13)30-8-5-16-10-18(16)15-3-6-27(7-4-15)21-24-19(14(2)29)25-31-21/h9,11-12,14-16,18,26,29H,3-8,10H2,1-2H3. The fourth-order valence-electron chi connectivity index (χ4n) is 4.60. The summed E-state index contributed by atoms with van der Waals surface area (Å²) in [6.45, 7) is 6.23. The van der Waals surface area contributed by atoms with Crippen molar-refractivity contribution in [2.45, 2.75) is 45.6 Å². The summed E-state index contributed by atoms with van der Waals surface area (Å²) in [5, 5.41) is 20.1. The fraction of sp³-hybridized carbons (Fsp3) is 0.619. The van der Waals surface area contributed by atoms with Crippen molar-refractivity contribution in [3.8, 4) is 11.6 Å². The Kier molecular flexibility index (Phi) is 5.39. The molecule has 0 amide bonds. The molecule has 3 unspecified atom stereocenters. The average molecular weight is 428 g/mol. The summed E-state index contributed by atoms with van der Waals surface area (Å²) in [6.07, 6.45) is 7.47. The van der Waals surface area contributed by atoms with Crippen LogP contribution in [0.3, 0.4) is 0 Å². The first-order chi connectivity index (χ1) is 15.1. The van der Waals surface area contributed by atoms with E-state index in [-0.39, 0.29) is 0 Å². The fourth-order valence-corrected chi connectivity index (χ4v) is 4.60. The van der Waals surface area contributed by atoms with E-state index in [2.05, 4.69) is 30.3 Å². The molecule has 3 atom stereocenters. The van der Waals surface area contributed by atoms with Crippen LogP contribution in [0.25, 0.3) is 5.69 Å². The van der Waals surface area contributed by atoms with E-state index < -0.39 is 6.10 Å². The molecule has 4 heterocycles. The van der Waals surface area contributed by atoms with Crippen molar-refractivity contribution >= 4 is 6.01 Å². The number of aliphatic hydroxyl groups excluding tert-OH is 1. The number of rotatable bonds is 8. The van der Waals surface area contributed by atoms with Crippen molar-refractivity contribution in [1.82, 2.24) is 30.1 Å². The third-order valence-electron chi connectivity index (χ3n) is 6.56. The van der Waals surface area contributed by atoms with Gasteiger partial charge in [0.1, 0.15) is 12.4 Å². The van der Waals surface area contributed by atoms with Crippen molar-refractivity contribution in [2.24, 2.45) is 17.8 Å². The van der Waals surface area contributed by atoms with Crippen LogP contribution >= 0.6 is 0 Å². The summed E-state index contributed by atoms with van der Waals surface area (Å²) >= 11 is 0. The highest BCUT2D eigenvalue weighted by Gasteiger charge is 2.43. The number of aryl methyl sites for hydroxylation is 1. The molecule has 0 spiro atoms. The van der Waals surface area contributed by atoms with E-state index >= 15 is 0 Å². The number of piperidine rings is 1. The lowest BCUT2D eigenvalue weighted by Gasteiger charge is -2.30. The quantitative estimate of drug-likeness (QED) is 0.563. The van der Waals surface area contributed by atoms with E-state index in [1.54, 1.807) is 19.4 Å². The third kappa shape index (κ3) is 4.30. The van der Waals surface area contributed by atoms with Gasteiger partial charge < -0.3 is 19.3 Å². The molecule has 10 nitrogen and oxygen atoms in total. The van der Waals surface area contributed by atoms with Gasteiger partial charge in [-0.25, -0.2) is 14.9 Å². The zero-order valence-corrected chi connectivity index (χ0v) is 17.9. The summed E-state index contributed by atoms with van der Waals surface area (Å²) in [4.78, 5) is 10.9. The summed E-state index contributed by atoms with van der Waals surface area (Å²) in [5.74, 6) is 3.37. The molecule has 0 aromatic carbocycles. The summed E-state index contributed by atoms with van der Waals surface area (Å²) in [7, 11) is 0. The SMILES string of the molecule is Cc1cc(-n2cn[nH]2)cnc1OCCC1CC1C1CCN(c2nc(C(C)O)no2)CC1. The minimum Gasteiger partial charge on any atom is -0.477 e. The first kappa shape index (κ1) is 20.0. The van der Waals surface area contributed by atoms with E-state index in [1.807, 2.05) is 17.7 Å². The second-order valence-electron chi connectivity index (χ2n) is 8.76. The summed E-state index contributed by atoms with van der Waals surface area (Å²) < 4.78 is 13.1. The van der Waals surface area contributed by atoms with Crippen LogP contribution < -0.4 is 9.64 Å². The largest absolute Gasteiger partial charge is 0.477 e. The van der Waals surface area contributed by atoms with Gasteiger partial charge in [0.25, 0.3) is 0 Å². The number of hydrogen-bond acceptors (Lipinski definition) is 8. The van der Waals surface area contributed by atoms with Crippen molar-refractivity contribution in [1.29, 1.82) is 0 Å². The van der Waals surface area contributed by atoms with Gasteiger partial charge in [0, 0.05) is 18.7 Å². The average Bonchev–Trinajstić information content (AvgIpc) is 3.31. The summed E-state index contributed by atoms with van der Waals surface area (Å²) in [5.41, 5.74) is 1.98. The Morgan fingerprint density at radius 2 is 2.16 bits per heavy atom. The van der Waals surface area contributed by atoms with Gasteiger partial charge in [0.05, 0.1) is 18.5 Å². The third-order valence-corrected chi connectivity index (χ3v) is 6.56. The topological polar surface area (TPSA) is 118 Å². The minimum atomic E-state index is -0.701. The Hall–Kier alpha value is -2.88. The molecule has 2 fully saturated rings. The molecule has 31 heavy (non-hydrogen) atoms. The molecule has 0 bridgehead atoms. The maximum atomic E-state index is 9.57. The van der Waals surface area contributed by atoms with Crippen LogP contribution in [-0.2, 0) is 0 Å². The number of ether oxygens (including phenoxy) is 1. The smallest absolute Gasteiger partial charge is 0.324 e. The predicted octanol–water partition coefficient (Wildman–Crippen LogP) is 2.66. The molecule has 1 aliphatic heterocycles. The van der Waals surface area contributed by atoms with Crippen LogP contribution in [0.5, 0.6) is 5.88 Å². The monoisotopic (exact) mass is 427 g/mol. The van der Waals surface area contributed by atoms with Gasteiger partial charge in [-0.15, -0.1) is 5.10 Å². The zero-order chi connectivity index (χ0) is 21.4. The van der Waals surface area contributed by atoms with Gasteiger partial charge in [-0.2, -0.15) is 4.98 Å². The second-order valence-corrected chi connectivity index (χ2v) is 8.76. The molecule has 2 aliphatic rings. The van der Waals surface area contributed by atoms with Crippen LogP contribution in [0.2, 0.25) is 0 Å². The number of nitrogens with zero attached hydrogens (tertiary/aromatic N) is 6. The molecule has 1 saturated heterocycles. The maximum absolute atomic E-state index is 9.57. The lowest BCUT2D eigenvalue weighted by atomic mass is 9.90. The van der Waals surface area contributed by atoms with Crippen LogP contribution in [0.1, 0.15) is 50.1 Å². The van der Waals surface area contributed by atoms with Crippen molar-refractivity contribution in [3.05, 3.63) is 30.0 Å². The van der Waals surface area contributed by atoms with Gasteiger partial charge in [0.2, 0.25) is 11.7 Å². The highest BCUT2D eigenvalue weighted by atomic mass is 16.5. The normalized spacial score (nSPS) is 22.6. The Morgan fingerprint density at radius 1 is 1.35 bits per heavy atom. The number of H-pyrrole nitrogens is 1. The number of aromatic nitrogens is 6. The Morgan fingerprint density at radius 3 is 2.81 bits per heavy atom. The van der Waals surface area contributed by atoms with E-state index in [0.717, 1.165) is 61.4 Å². The van der Waals surface area contributed by atoms with Gasteiger partial charge in [-0.3, -0.25) is 0 Å². The number of anilines is 1. The molecule has 3 aromatic heterocycles. The van der Waals surface area contributed by atoms with Crippen LogP contribution in [-0.4, -0.2) is 54.9 Å². The Balaban J connectivity index is 1.05.